The zero-order chi connectivity index (χ0) is 22.8. The first-order valence-electron chi connectivity index (χ1n) is 11.9. The number of amides is 1. The second kappa shape index (κ2) is 9.35. The number of morpholine rings is 1. The van der Waals surface area contributed by atoms with Crippen molar-refractivity contribution in [2.24, 2.45) is 0 Å². The Bertz CT molecular complexity index is 1100. The number of pyridine rings is 1. The van der Waals surface area contributed by atoms with Gasteiger partial charge in [-0.15, -0.1) is 0 Å². The maximum atomic E-state index is 13.3. The molecule has 2 unspecified atom stereocenters. The molecule has 2 atom stereocenters. The maximum Gasteiger partial charge on any atom is 0.276 e. The van der Waals surface area contributed by atoms with E-state index in [0.29, 0.717) is 11.4 Å². The van der Waals surface area contributed by atoms with E-state index in [0.717, 1.165) is 61.5 Å². The minimum absolute atomic E-state index is 0.171. The number of nitrogens with zero attached hydrogens (tertiary/aromatic N) is 4. The van der Waals surface area contributed by atoms with Gasteiger partial charge >= 0.3 is 0 Å². The quantitative estimate of drug-likeness (QED) is 0.603. The Hall–Kier alpha value is -3.19. The largest absolute Gasteiger partial charge is 0.372 e. The van der Waals surface area contributed by atoms with Crippen molar-refractivity contribution in [3.8, 4) is 5.69 Å². The second-order valence-electron chi connectivity index (χ2n) is 9.10. The lowest BCUT2D eigenvalue weighted by molar-refractivity contribution is -0.00545. The van der Waals surface area contributed by atoms with Crippen LogP contribution >= 0.6 is 0 Å². The fourth-order valence-corrected chi connectivity index (χ4v) is 4.94. The summed E-state index contributed by atoms with van der Waals surface area (Å²) in [5.74, 6) is 0.725. The highest BCUT2D eigenvalue weighted by Crippen LogP contribution is 2.27. The molecular formula is C26H31N5O2. The van der Waals surface area contributed by atoms with Gasteiger partial charge in [-0.25, -0.2) is 9.67 Å². The number of nitrogens with one attached hydrogen (secondary N) is 1. The number of hydrogen-bond acceptors (Lipinski definition) is 5. The van der Waals surface area contributed by atoms with Crippen molar-refractivity contribution in [2.75, 3.05) is 23.3 Å². The summed E-state index contributed by atoms with van der Waals surface area (Å²) in [5, 5.41) is 7.79. The molecule has 1 aromatic carbocycles. The van der Waals surface area contributed by atoms with E-state index >= 15 is 0 Å². The first-order valence-corrected chi connectivity index (χ1v) is 11.9. The summed E-state index contributed by atoms with van der Waals surface area (Å²) in [6.45, 7) is 5.78. The van der Waals surface area contributed by atoms with Gasteiger partial charge in [-0.1, -0.05) is 24.6 Å². The summed E-state index contributed by atoms with van der Waals surface area (Å²) in [7, 11) is 0. The zero-order valence-corrected chi connectivity index (χ0v) is 19.3. The fourth-order valence-electron chi connectivity index (χ4n) is 4.94. The number of ether oxygens (including phenoxy) is 1. The summed E-state index contributed by atoms with van der Waals surface area (Å²) >= 11 is 0. The summed E-state index contributed by atoms with van der Waals surface area (Å²) in [6.07, 6.45) is 7.28. The SMILES string of the molecule is CC1CN(c2ccc(NC(=O)c3nn(-c4ccccc4)c4c3CCCCC4)cn2)CC(C)O1. The van der Waals surface area contributed by atoms with Gasteiger partial charge in [0.25, 0.3) is 5.91 Å². The lowest BCUT2D eigenvalue weighted by atomic mass is 10.1. The second-order valence-corrected chi connectivity index (χ2v) is 9.10. The predicted octanol–water partition coefficient (Wildman–Crippen LogP) is 4.40. The van der Waals surface area contributed by atoms with Gasteiger partial charge in [0.15, 0.2) is 5.69 Å². The highest BCUT2D eigenvalue weighted by atomic mass is 16.5. The molecule has 5 rings (SSSR count). The number of rotatable bonds is 4. The molecule has 0 spiro atoms. The maximum absolute atomic E-state index is 13.3. The van der Waals surface area contributed by atoms with Crippen molar-refractivity contribution in [1.29, 1.82) is 0 Å². The van der Waals surface area contributed by atoms with Gasteiger partial charge in [0.05, 0.1) is 29.8 Å². The summed E-state index contributed by atoms with van der Waals surface area (Å²) in [6, 6.07) is 14.0. The van der Waals surface area contributed by atoms with E-state index in [2.05, 4.69) is 29.0 Å². The van der Waals surface area contributed by atoms with Crippen molar-refractivity contribution in [2.45, 2.75) is 58.2 Å². The molecule has 33 heavy (non-hydrogen) atoms. The summed E-state index contributed by atoms with van der Waals surface area (Å²) in [4.78, 5) is 20.1. The molecule has 1 aliphatic carbocycles. The fraction of sp³-hybridized carbons (Fsp3) is 0.423. The molecule has 3 heterocycles. The van der Waals surface area contributed by atoms with E-state index in [1.54, 1.807) is 6.20 Å². The lowest BCUT2D eigenvalue weighted by Gasteiger charge is -2.36. The first kappa shape index (κ1) is 21.6. The van der Waals surface area contributed by atoms with Crippen LogP contribution in [0.3, 0.4) is 0 Å². The molecule has 0 radical (unpaired) electrons. The van der Waals surface area contributed by atoms with Gasteiger partial charge in [0.2, 0.25) is 0 Å². The van der Waals surface area contributed by atoms with Gasteiger partial charge in [0.1, 0.15) is 5.82 Å². The topological polar surface area (TPSA) is 72.3 Å². The molecule has 1 saturated heterocycles. The van der Waals surface area contributed by atoms with Crippen molar-refractivity contribution in [3.63, 3.8) is 0 Å². The Morgan fingerprint density at radius 1 is 1.00 bits per heavy atom. The predicted molar refractivity (Wildman–Crippen MR) is 129 cm³/mol. The number of para-hydroxylation sites is 1. The van der Waals surface area contributed by atoms with Gasteiger partial charge in [0, 0.05) is 24.3 Å². The minimum atomic E-state index is -0.175. The van der Waals surface area contributed by atoms with Crippen LogP contribution in [0.15, 0.2) is 48.7 Å². The Balaban J connectivity index is 1.37. The van der Waals surface area contributed by atoms with Gasteiger partial charge < -0.3 is 15.0 Å². The molecule has 2 aromatic heterocycles. The molecule has 1 fully saturated rings. The third-order valence-electron chi connectivity index (χ3n) is 6.40. The average Bonchev–Trinajstić information content (AvgIpc) is 3.00. The molecule has 1 N–H and O–H groups in total. The number of anilines is 2. The molecule has 1 aliphatic heterocycles. The van der Waals surface area contributed by atoms with E-state index in [1.807, 2.05) is 47.1 Å². The van der Waals surface area contributed by atoms with Gasteiger partial charge in [-0.05, 0) is 63.8 Å². The van der Waals surface area contributed by atoms with Crippen LogP contribution in [-0.4, -0.2) is 46.0 Å². The molecule has 3 aromatic rings. The lowest BCUT2D eigenvalue weighted by Crippen LogP contribution is -2.45. The zero-order valence-electron chi connectivity index (χ0n) is 19.3. The normalized spacial score (nSPS) is 20.7. The Kier molecular flexibility index (Phi) is 6.13. The summed E-state index contributed by atoms with van der Waals surface area (Å²) < 4.78 is 7.77. The Labute approximate surface area is 194 Å². The number of aromatic nitrogens is 3. The highest BCUT2D eigenvalue weighted by molar-refractivity contribution is 6.04. The third-order valence-corrected chi connectivity index (χ3v) is 6.40. The number of carbonyl (C=O) groups is 1. The molecule has 7 heteroatoms. The Morgan fingerprint density at radius 2 is 1.76 bits per heavy atom. The van der Waals surface area contributed by atoms with Crippen LogP contribution in [0.1, 0.15) is 54.9 Å². The van der Waals surface area contributed by atoms with E-state index in [1.165, 1.54) is 6.42 Å². The van der Waals surface area contributed by atoms with Crippen LogP contribution in [0.5, 0.6) is 0 Å². The average molecular weight is 446 g/mol. The van der Waals surface area contributed by atoms with E-state index < -0.39 is 0 Å². The van der Waals surface area contributed by atoms with E-state index in [-0.39, 0.29) is 18.1 Å². The monoisotopic (exact) mass is 445 g/mol. The molecule has 7 nitrogen and oxygen atoms in total. The standard InChI is InChI=1S/C26H31N5O2/c1-18-16-30(17-19(2)33-18)24-14-13-20(15-27-24)28-26(32)25-22-11-7-4-8-12-23(22)31(29-25)21-9-5-3-6-10-21/h3,5-6,9-10,13-15,18-19H,4,7-8,11-12,16-17H2,1-2H3,(H,28,32). The van der Waals surface area contributed by atoms with Gasteiger partial charge in [-0.2, -0.15) is 5.10 Å². The van der Waals surface area contributed by atoms with Crippen LogP contribution in [-0.2, 0) is 17.6 Å². The van der Waals surface area contributed by atoms with E-state index in [4.69, 9.17) is 9.84 Å². The number of carbonyl (C=O) groups excluding carboxylic acids is 1. The third kappa shape index (κ3) is 4.64. The number of hydrogen-bond donors (Lipinski definition) is 1. The molecular weight excluding hydrogens is 414 g/mol. The number of fused-ring (bicyclic) bond motifs is 1. The summed E-state index contributed by atoms with van der Waals surface area (Å²) in [5.41, 5.74) is 4.43. The molecule has 2 aliphatic rings. The number of benzene rings is 1. The minimum Gasteiger partial charge on any atom is -0.372 e. The van der Waals surface area contributed by atoms with Crippen LogP contribution in [0.4, 0.5) is 11.5 Å². The van der Waals surface area contributed by atoms with Crippen molar-refractivity contribution >= 4 is 17.4 Å². The smallest absolute Gasteiger partial charge is 0.276 e. The van der Waals surface area contributed by atoms with Crippen molar-refractivity contribution in [3.05, 3.63) is 65.6 Å². The highest BCUT2D eigenvalue weighted by Gasteiger charge is 2.26. The van der Waals surface area contributed by atoms with Crippen molar-refractivity contribution < 1.29 is 9.53 Å². The van der Waals surface area contributed by atoms with Crippen LogP contribution in [0.2, 0.25) is 0 Å². The van der Waals surface area contributed by atoms with Gasteiger partial charge in [-0.3, -0.25) is 4.79 Å². The molecule has 0 bridgehead atoms. The van der Waals surface area contributed by atoms with Crippen LogP contribution in [0, 0.1) is 0 Å². The molecule has 1 amide bonds. The molecule has 172 valence electrons. The molecule has 0 saturated carbocycles. The van der Waals surface area contributed by atoms with Crippen molar-refractivity contribution in [1.82, 2.24) is 14.8 Å². The Morgan fingerprint density at radius 3 is 2.48 bits per heavy atom. The van der Waals surface area contributed by atoms with Crippen LogP contribution in [0.25, 0.3) is 5.69 Å². The van der Waals surface area contributed by atoms with Crippen LogP contribution < -0.4 is 10.2 Å². The van der Waals surface area contributed by atoms with E-state index in [9.17, 15) is 4.79 Å². The first-order chi connectivity index (χ1) is 16.1.